The first-order valence-electron chi connectivity index (χ1n) is 10.9. The van der Waals surface area contributed by atoms with Gasteiger partial charge in [-0.25, -0.2) is 8.42 Å². The number of benzene rings is 2. The van der Waals surface area contributed by atoms with Crippen molar-refractivity contribution in [3.8, 4) is 0 Å². The fraction of sp³-hybridized carbons (Fsp3) is 0.458. The van der Waals surface area contributed by atoms with Gasteiger partial charge >= 0.3 is 0 Å². The highest BCUT2D eigenvalue weighted by Crippen LogP contribution is 2.14. The molecule has 1 N–H and O–H groups in total. The van der Waals surface area contributed by atoms with Gasteiger partial charge in [0.15, 0.2) is 0 Å². The first-order valence-corrected chi connectivity index (χ1v) is 12.7. The SMILES string of the molecule is Cc1ccc(CN(CC(=O)NCc2ccc(CN3CCCCC3)cc2)S(C)(=O)=O)cc1. The van der Waals surface area contributed by atoms with Crippen LogP contribution in [0.1, 0.15) is 41.5 Å². The molecule has 7 heteroatoms. The van der Waals surface area contributed by atoms with Crippen LogP contribution in [-0.2, 0) is 34.5 Å². The Hall–Kier alpha value is -2.22. The molecule has 31 heavy (non-hydrogen) atoms. The van der Waals surface area contributed by atoms with Crippen LogP contribution in [0, 0.1) is 6.92 Å². The van der Waals surface area contributed by atoms with Gasteiger partial charge in [-0.3, -0.25) is 9.69 Å². The summed E-state index contributed by atoms with van der Waals surface area (Å²) in [5, 5.41) is 2.84. The lowest BCUT2D eigenvalue weighted by Crippen LogP contribution is -2.39. The van der Waals surface area contributed by atoms with Gasteiger partial charge in [0, 0.05) is 19.6 Å². The molecule has 0 unspecified atom stereocenters. The second kappa shape index (κ2) is 10.9. The van der Waals surface area contributed by atoms with E-state index in [1.54, 1.807) is 0 Å². The van der Waals surface area contributed by atoms with Crippen LogP contribution in [0.3, 0.4) is 0 Å². The molecule has 0 saturated carbocycles. The Morgan fingerprint density at radius 3 is 2.13 bits per heavy atom. The Balaban J connectivity index is 1.50. The highest BCUT2D eigenvalue weighted by molar-refractivity contribution is 7.88. The van der Waals surface area contributed by atoms with Crippen LogP contribution >= 0.6 is 0 Å². The van der Waals surface area contributed by atoms with Gasteiger partial charge in [-0.15, -0.1) is 0 Å². The zero-order valence-corrected chi connectivity index (χ0v) is 19.3. The van der Waals surface area contributed by atoms with Crippen LogP contribution in [0.4, 0.5) is 0 Å². The molecule has 2 aromatic rings. The highest BCUT2D eigenvalue weighted by Gasteiger charge is 2.20. The number of amides is 1. The summed E-state index contributed by atoms with van der Waals surface area (Å²) in [4.78, 5) is 14.9. The summed E-state index contributed by atoms with van der Waals surface area (Å²) in [7, 11) is -3.50. The van der Waals surface area contributed by atoms with Crippen LogP contribution < -0.4 is 5.32 Å². The van der Waals surface area contributed by atoms with E-state index in [1.807, 2.05) is 43.3 Å². The van der Waals surface area contributed by atoms with Crippen LogP contribution in [0.5, 0.6) is 0 Å². The molecular formula is C24H33N3O3S. The number of carbonyl (C=O) groups excluding carboxylic acids is 1. The van der Waals surface area contributed by atoms with Gasteiger partial charge in [-0.05, 0) is 49.5 Å². The quantitative estimate of drug-likeness (QED) is 0.647. The second-order valence-corrected chi connectivity index (χ2v) is 10.4. The topological polar surface area (TPSA) is 69.7 Å². The molecule has 1 saturated heterocycles. The maximum atomic E-state index is 12.4. The van der Waals surface area contributed by atoms with E-state index in [0.717, 1.165) is 42.6 Å². The summed E-state index contributed by atoms with van der Waals surface area (Å²) in [5.74, 6) is -0.310. The lowest BCUT2D eigenvalue weighted by atomic mass is 10.1. The zero-order valence-electron chi connectivity index (χ0n) is 18.5. The van der Waals surface area contributed by atoms with E-state index in [9.17, 15) is 13.2 Å². The molecule has 0 spiro atoms. The molecule has 168 valence electrons. The molecule has 0 bridgehead atoms. The molecule has 1 heterocycles. The van der Waals surface area contributed by atoms with Crippen LogP contribution in [0.25, 0.3) is 0 Å². The van der Waals surface area contributed by atoms with Gasteiger partial charge < -0.3 is 5.32 Å². The lowest BCUT2D eigenvalue weighted by Gasteiger charge is -2.26. The summed E-state index contributed by atoms with van der Waals surface area (Å²) in [6.07, 6.45) is 5.02. The van der Waals surface area contributed by atoms with Gasteiger partial charge in [-0.1, -0.05) is 60.5 Å². The van der Waals surface area contributed by atoms with Crippen molar-refractivity contribution < 1.29 is 13.2 Å². The minimum Gasteiger partial charge on any atom is -0.351 e. The molecule has 6 nitrogen and oxygen atoms in total. The standard InChI is InChI=1S/C24H33N3O3S/c1-20-6-8-23(9-7-20)18-27(31(2,29)30)19-24(28)25-16-21-10-12-22(13-11-21)17-26-14-4-3-5-15-26/h6-13H,3-5,14-19H2,1-2H3,(H,25,28). The smallest absolute Gasteiger partial charge is 0.235 e. The molecular weight excluding hydrogens is 410 g/mol. The number of rotatable bonds is 9. The van der Waals surface area contributed by atoms with E-state index >= 15 is 0 Å². The summed E-state index contributed by atoms with van der Waals surface area (Å²) in [6.45, 7) is 5.64. The Bertz CT molecular complexity index is 951. The number of aryl methyl sites for hydroxylation is 1. The molecule has 1 fully saturated rings. The average Bonchev–Trinajstić information content (AvgIpc) is 2.74. The molecule has 3 rings (SSSR count). The van der Waals surface area contributed by atoms with Crippen molar-refractivity contribution in [3.63, 3.8) is 0 Å². The van der Waals surface area contributed by atoms with E-state index in [0.29, 0.717) is 6.54 Å². The summed E-state index contributed by atoms with van der Waals surface area (Å²) < 4.78 is 25.5. The third-order valence-electron chi connectivity index (χ3n) is 5.64. The first-order chi connectivity index (χ1) is 14.8. The maximum Gasteiger partial charge on any atom is 0.235 e. The Morgan fingerprint density at radius 2 is 1.52 bits per heavy atom. The number of nitrogens with zero attached hydrogens (tertiary/aromatic N) is 2. The van der Waals surface area contributed by atoms with Gasteiger partial charge in [-0.2, -0.15) is 4.31 Å². The van der Waals surface area contributed by atoms with Gasteiger partial charge in [0.25, 0.3) is 0 Å². The molecule has 0 atom stereocenters. The number of hydrogen-bond acceptors (Lipinski definition) is 4. The van der Waals surface area contributed by atoms with Crippen molar-refractivity contribution in [2.24, 2.45) is 0 Å². The van der Waals surface area contributed by atoms with Crippen LogP contribution in [0.2, 0.25) is 0 Å². The monoisotopic (exact) mass is 443 g/mol. The van der Waals surface area contributed by atoms with Crippen molar-refractivity contribution in [2.45, 2.75) is 45.8 Å². The number of likely N-dealkylation sites (tertiary alicyclic amines) is 1. The average molecular weight is 444 g/mol. The number of hydrogen-bond donors (Lipinski definition) is 1. The number of sulfonamides is 1. The van der Waals surface area contributed by atoms with Crippen molar-refractivity contribution in [1.82, 2.24) is 14.5 Å². The van der Waals surface area contributed by atoms with Crippen molar-refractivity contribution in [1.29, 1.82) is 0 Å². The minimum absolute atomic E-state index is 0.178. The Morgan fingerprint density at radius 1 is 0.935 bits per heavy atom. The predicted octanol–water partition coefficient (Wildman–Crippen LogP) is 3.06. The summed E-state index contributed by atoms with van der Waals surface area (Å²) >= 11 is 0. The van der Waals surface area contributed by atoms with Crippen molar-refractivity contribution >= 4 is 15.9 Å². The van der Waals surface area contributed by atoms with Gasteiger partial charge in [0.2, 0.25) is 15.9 Å². The largest absolute Gasteiger partial charge is 0.351 e. The predicted molar refractivity (Wildman–Crippen MR) is 124 cm³/mol. The fourth-order valence-corrected chi connectivity index (χ4v) is 4.48. The maximum absolute atomic E-state index is 12.4. The van der Waals surface area contributed by atoms with Crippen molar-refractivity contribution in [2.75, 3.05) is 25.9 Å². The number of piperidine rings is 1. The third-order valence-corrected chi connectivity index (χ3v) is 6.83. The molecule has 0 radical (unpaired) electrons. The minimum atomic E-state index is -3.50. The van der Waals surface area contributed by atoms with E-state index < -0.39 is 10.0 Å². The van der Waals surface area contributed by atoms with E-state index in [2.05, 4.69) is 22.3 Å². The fourth-order valence-electron chi connectivity index (χ4n) is 3.74. The molecule has 2 aromatic carbocycles. The van der Waals surface area contributed by atoms with Crippen molar-refractivity contribution in [3.05, 3.63) is 70.8 Å². The second-order valence-electron chi connectivity index (χ2n) is 8.45. The molecule has 1 aliphatic rings. The molecule has 0 aromatic heterocycles. The number of nitrogens with one attached hydrogen (secondary N) is 1. The van der Waals surface area contributed by atoms with E-state index in [4.69, 9.17) is 0 Å². The van der Waals surface area contributed by atoms with Gasteiger partial charge in [0.05, 0.1) is 12.8 Å². The molecule has 1 amide bonds. The van der Waals surface area contributed by atoms with Crippen LogP contribution in [0.15, 0.2) is 48.5 Å². The third kappa shape index (κ3) is 7.76. The normalized spacial score (nSPS) is 15.2. The lowest BCUT2D eigenvalue weighted by molar-refractivity contribution is -0.121. The summed E-state index contributed by atoms with van der Waals surface area (Å²) in [6, 6.07) is 15.9. The van der Waals surface area contributed by atoms with E-state index in [-0.39, 0.29) is 19.0 Å². The zero-order chi connectivity index (χ0) is 22.3. The number of carbonyl (C=O) groups is 1. The summed E-state index contributed by atoms with van der Waals surface area (Å²) in [5.41, 5.74) is 4.24. The Kier molecular flexibility index (Phi) is 8.23. The molecule has 0 aliphatic carbocycles. The molecule has 1 aliphatic heterocycles. The first kappa shape index (κ1) is 23.4. The highest BCUT2D eigenvalue weighted by atomic mass is 32.2. The van der Waals surface area contributed by atoms with E-state index in [1.165, 1.54) is 29.1 Å². The van der Waals surface area contributed by atoms with Gasteiger partial charge in [0.1, 0.15) is 0 Å². The Labute approximate surface area is 186 Å². The van der Waals surface area contributed by atoms with Crippen LogP contribution in [-0.4, -0.2) is 49.4 Å².